The lowest BCUT2D eigenvalue weighted by Crippen LogP contribution is -2.36. The molecule has 2 saturated carbocycles. The van der Waals surface area contributed by atoms with E-state index in [1.54, 1.807) is 0 Å². The van der Waals surface area contributed by atoms with E-state index in [4.69, 9.17) is 9.47 Å². The van der Waals surface area contributed by atoms with E-state index in [9.17, 15) is 19.2 Å². The zero-order chi connectivity index (χ0) is 21.7. The Bertz CT molecular complexity index is 729. The molecule has 0 aromatic heterocycles. The maximum absolute atomic E-state index is 12.5. The molecule has 7 heteroatoms. The average molecular weight is 418 g/mol. The van der Waals surface area contributed by atoms with Gasteiger partial charge >= 0.3 is 23.9 Å². The number of rotatable bonds is 6. The number of carbonyl (C=O) groups excluding carboxylic acids is 4. The van der Waals surface area contributed by atoms with Crippen molar-refractivity contribution < 1.29 is 33.4 Å². The Morgan fingerprint density at radius 3 is 2.23 bits per heavy atom. The van der Waals surface area contributed by atoms with E-state index >= 15 is 0 Å². The summed E-state index contributed by atoms with van der Waals surface area (Å²) in [6.45, 7) is 3.51. The van der Waals surface area contributed by atoms with Crippen molar-refractivity contribution in [1.82, 2.24) is 0 Å². The quantitative estimate of drug-likeness (QED) is 0.282. The van der Waals surface area contributed by atoms with Crippen LogP contribution in [0.15, 0.2) is 24.3 Å². The van der Waals surface area contributed by atoms with Crippen molar-refractivity contribution in [1.29, 1.82) is 0 Å². The number of cyclic esters (lactones) is 2. The topological polar surface area (TPSA) is 96.0 Å². The summed E-state index contributed by atoms with van der Waals surface area (Å²) in [5.74, 6) is -0.357. The molecule has 164 valence electrons. The predicted octanol–water partition coefficient (Wildman–Crippen LogP) is 3.41. The molecule has 4 rings (SSSR count). The zero-order valence-electron chi connectivity index (χ0n) is 17.6. The molecule has 0 saturated heterocycles. The molecule has 7 nitrogen and oxygen atoms in total. The largest absolute Gasteiger partial charge is 0.462 e. The van der Waals surface area contributed by atoms with E-state index in [1.807, 2.05) is 0 Å². The Morgan fingerprint density at radius 1 is 1.13 bits per heavy atom. The minimum Gasteiger partial charge on any atom is -0.462 e. The van der Waals surface area contributed by atoms with Gasteiger partial charge in [0.2, 0.25) is 0 Å². The Kier molecular flexibility index (Phi) is 7.10. The van der Waals surface area contributed by atoms with Crippen LogP contribution >= 0.6 is 0 Å². The second-order valence-electron chi connectivity index (χ2n) is 8.59. The highest BCUT2D eigenvalue weighted by atomic mass is 16.6. The van der Waals surface area contributed by atoms with Gasteiger partial charge in [-0.25, -0.2) is 9.59 Å². The molecule has 4 unspecified atom stereocenters. The predicted molar refractivity (Wildman–Crippen MR) is 107 cm³/mol. The van der Waals surface area contributed by atoms with E-state index in [2.05, 4.69) is 23.8 Å². The number of allylic oxidation sites excluding steroid dienone is 2. The van der Waals surface area contributed by atoms with Crippen LogP contribution in [0, 0.1) is 17.8 Å². The van der Waals surface area contributed by atoms with Crippen LogP contribution in [0.2, 0.25) is 0 Å². The van der Waals surface area contributed by atoms with Crippen molar-refractivity contribution in [3.63, 3.8) is 0 Å². The first-order valence-electron chi connectivity index (χ1n) is 10.8. The van der Waals surface area contributed by atoms with Gasteiger partial charge in [-0.15, -0.1) is 0 Å². The first-order valence-corrected chi connectivity index (χ1v) is 10.8. The molecule has 3 aliphatic carbocycles. The summed E-state index contributed by atoms with van der Waals surface area (Å²) >= 11 is 0. The van der Waals surface area contributed by atoms with Gasteiger partial charge in [-0.3, -0.25) is 9.59 Å². The number of hydrogen-bond acceptors (Lipinski definition) is 7. The number of hydrogen-bond donors (Lipinski definition) is 0. The van der Waals surface area contributed by atoms with Gasteiger partial charge in [-0.2, -0.15) is 0 Å². The molecule has 0 aromatic carbocycles. The molecule has 0 spiro atoms. The lowest BCUT2D eigenvalue weighted by atomic mass is 9.86. The molecule has 2 bridgehead atoms. The molecule has 4 atom stereocenters. The van der Waals surface area contributed by atoms with E-state index in [0.29, 0.717) is 11.8 Å². The normalized spacial score (nSPS) is 28.7. The molecule has 0 aromatic rings. The number of esters is 4. The van der Waals surface area contributed by atoms with Crippen LogP contribution < -0.4 is 0 Å². The minimum atomic E-state index is -0.579. The highest BCUT2D eigenvalue weighted by molar-refractivity contribution is 6.04. The molecular weight excluding hydrogens is 388 g/mol. The van der Waals surface area contributed by atoms with Crippen molar-refractivity contribution in [3.8, 4) is 0 Å². The van der Waals surface area contributed by atoms with Gasteiger partial charge in [0, 0.05) is 25.0 Å². The molecule has 1 aliphatic heterocycles. The summed E-state index contributed by atoms with van der Waals surface area (Å²) < 4.78 is 15.3. The third-order valence-electron chi connectivity index (χ3n) is 6.54. The van der Waals surface area contributed by atoms with Crippen LogP contribution in [0.1, 0.15) is 65.2 Å². The van der Waals surface area contributed by atoms with Crippen molar-refractivity contribution in [2.45, 2.75) is 76.9 Å². The van der Waals surface area contributed by atoms with Crippen LogP contribution in [-0.2, 0) is 33.4 Å². The smallest absolute Gasteiger partial charge is 0.338 e. The monoisotopic (exact) mass is 418 g/mol. The summed E-state index contributed by atoms with van der Waals surface area (Å²) in [6.07, 6.45) is 13.7. The molecule has 1 heterocycles. The number of fused-ring (bicyclic) bond motifs is 2. The van der Waals surface area contributed by atoms with Crippen LogP contribution in [0.25, 0.3) is 0 Å². The van der Waals surface area contributed by atoms with Crippen molar-refractivity contribution in [2.75, 3.05) is 0 Å². The lowest BCUT2D eigenvalue weighted by molar-refractivity contribution is -0.167. The molecule has 2 fully saturated rings. The number of ether oxygens (including phenoxy) is 3. The summed E-state index contributed by atoms with van der Waals surface area (Å²) in [4.78, 5) is 43.8. The Balaban J connectivity index is 0.000000310. The van der Waals surface area contributed by atoms with Crippen molar-refractivity contribution in [3.05, 3.63) is 24.3 Å². The van der Waals surface area contributed by atoms with Gasteiger partial charge in [0.25, 0.3) is 0 Å². The maximum Gasteiger partial charge on any atom is 0.338 e. The Hall–Kier alpha value is -2.44. The van der Waals surface area contributed by atoms with Crippen LogP contribution in [0.3, 0.4) is 0 Å². The first-order chi connectivity index (χ1) is 14.3. The second-order valence-corrected chi connectivity index (χ2v) is 8.59. The molecule has 4 aliphatic rings. The molecule has 0 N–H and O–H groups in total. The van der Waals surface area contributed by atoms with E-state index in [0.717, 1.165) is 57.1 Å². The summed E-state index contributed by atoms with van der Waals surface area (Å²) in [7, 11) is 0. The number of carbonyl (C=O) groups is 4. The van der Waals surface area contributed by atoms with Crippen molar-refractivity contribution >= 4 is 23.9 Å². The fraction of sp³-hybridized carbons (Fsp3) is 0.652. The molecule has 0 radical (unpaired) electrons. The molecular formula is C23H30O7. The fourth-order valence-electron chi connectivity index (χ4n) is 5.04. The van der Waals surface area contributed by atoms with Gasteiger partial charge < -0.3 is 14.2 Å². The lowest BCUT2D eigenvalue weighted by Gasteiger charge is -2.31. The van der Waals surface area contributed by atoms with Gasteiger partial charge in [0.1, 0.15) is 11.7 Å². The standard InChI is InChI=1S/C19H28O4.C4H2O3/c1-3-19(8-4-5-9-19)23-18(21)12-17(22-13(2)20)16-11-14-6-7-15(16)10-14;5-3-1-2-4(6)7-3/h6-7,14-17H,3-5,8-12H2,1-2H3;1-2H. The zero-order valence-corrected chi connectivity index (χ0v) is 17.6. The maximum atomic E-state index is 12.5. The fourth-order valence-corrected chi connectivity index (χ4v) is 5.04. The summed E-state index contributed by atoms with van der Waals surface area (Å²) in [6, 6.07) is 0. The van der Waals surface area contributed by atoms with Gasteiger partial charge in [0.15, 0.2) is 0 Å². The summed E-state index contributed by atoms with van der Waals surface area (Å²) in [5.41, 5.74) is -0.271. The first kappa shape index (κ1) is 22.2. The van der Waals surface area contributed by atoms with Crippen LogP contribution in [0.5, 0.6) is 0 Å². The third-order valence-corrected chi connectivity index (χ3v) is 6.54. The average Bonchev–Trinajstić information content (AvgIpc) is 3.47. The third kappa shape index (κ3) is 5.58. The minimum absolute atomic E-state index is 0.197. The molecule has 30 heavy (non-hydrogen) atoms. The van der Waals surface area contributed by atoms with E-state index in [-0.39, 0.29) is 36.0 Å². The Labute approximate surface area is 176 Å². The van der Waals surface area contributed by atoms with E-state index in [1.165, 1.54) is 6.92 Å². The van der Waals surface area contributed by atoms with E-state index < -0.39 is 11.9 Å². The highest BCUT2D eigenvalue weighted by Crippen LogP contribution is 2.46. The summed E-state index contributed by atoms with van der Waals surface area (Å²) in [5, 5.41) is 0. The van der Waals surface area contributed by atoms with Crippen molar-refractivity contribution in [2.24, 2.45) is 17.8 Å². The van der Waals surface area contributed by atoms with Crippen LogP contribution in [0.4, 0.5) is 0 Å². The highest BCUT2D eigenvalue weighted by Gasteiger charge is 2.43. The van der Waals surface area contributed by atoms with Gasteiger partial charge in [0.05, 0.1) is 6.42 Å². The van der Waals surface area contributed by atoms with Gasteiger partial charge in [-0.05, 0) is 56.8 Å². The SMILES string of the molecule is CCC1(OC(=O)CC(OC(C)=O)C2CC3C=CC2C3)CCCC1.O=C1C=CC(=O)O1. The van der Waals surface area contributed by atoms with Crippen LogP contribution in [-0.4, -0.2) is 35.6 Å². The van der Waals surface area contributed by atoms with Gasteiger partial charge in [-0.1, -0.05) is 19.1 Å². The molecule has 0 amide bonds. The second kappa shape index (κ2) is 9.58. The Morgan fingerprint density at radius 2 is 1.80 bits per heavy atom.